The van der Waals surface area contributed by atoms with Gasteiger partial charge in [-0.2, -0.15) is 0 Å². The Hall–Kier alpha value is -0.830. The molecule has 1 aliphatic rings. The van der Waals surface area contributed by atoms with E-state index in [4.69, 9.17) is 5.11 Å². The molecule has 0 aromatic rings. The van der Waals surface area contributed by atoms with Crippen LogP contribution >= 0.6 is 0 Å². The lowest BCUT2D eigenvalue weighted by atomic mass is 10.2. The number of hydrogen-bond acceptors (Lipinski definition) is 2. The van der Waals surface area contributed by atoms with Gasteiger partial charge < -0.3 is 10.4 Å². The van der Waals surface area contributed by atoms with Gasteiger partial charge in [-0.25, -0.2) is 0 Å². The fraction of sp³-hybridized carbons (Fsp3) is 0.625. The quantitative estimate of drug-likeness (QED) is 0.570. The van der Waals surface area contributed by atoms with E-state index in [2.05, 4.69) is 11.9 Å². The lowest BCUT2D eigenvalue weighted by Crippen LogP contribution is -2.36. The minimum atomic E-state index is -0.143. The zero-order valence-electron chi connectivity index (χ0n) is 6.47. The van der Waals surface area contributed by atoms with Crippen LogP contribution < -0.4 is 5.32 Å². The first-order valence-corrected chi connectivity index (χ1v) is 3.78. The van der Waals surface area contributed by atoms with Crippen molar-refractivity contribution in [3.05, 3.63) is 12.7 Å². The monoisotopic (exact) mass is 155 g/mol. The standard InChI is InChI=1S/C8H13NO2/c1-2-7(11)9-8(3-4-8)5-6-10/h2,10H,1,3-6H2,(H,9,11). The summed E-state index contributed by atoms with van der Waals surface area (Å²) in [6, 6.07) is 0. The first-order valence-electron chi connectivity index (χ1n) is 3.78. The van der Waals surface area contributed by atoms with Gasteiger partial charge in [-0.1, -0.05) is 6.58 Å². The van der Waals surface area contributed by atoms with Crippen LogP contribution in [-0.2, 0) is 4.79 Å². The molecule has 0 aromatic heterocycles. The Labute approximate surface area is 66.1 Å². The van der Waals surface area contributed by atoms with Crippen molar-refractivity contribution >= 4 is 5.91 Å². The molecule has 2 N–H and O–H groups in total. The molecule has 11 heavy (non-hydrogen) atoms. The van der Waals surface area contributed by atoms with Crippen molar-refractivity contribution in [1.82, 2.24) is 5.32 Å². The fourth-order valence-electron chi connectivity index (χ4n) is 1.11. The van der Waals surface area contributed by atoms with Gasteiger partial charge in [0, 0.05) is 12.1 Å². The van der Waals surface area contributed by atoms with Crippen molar-refractivity contribution in [3.63, 3.8) is 0 Å². The second-order valence-corrected chi connectivity index (χ2v) is 2.95. The summed E-state index contributed by atoms with van der Waals surface area (Å²) in [4.78, 5) is 10.8. The summed E-state index contributed by atoms with van der Waals surface area (Å²) in [7, 11) is 0. The summed E-state index contributed by atoms with van der Waals surface area (Å²) in [5, 5.41) is 11.5. The maximum atomic E-state index is 10.8. The molecule has 1 fully saturated rings. The second-order valence-electron chi connectivity index (χ2n) is 2.95. The third kappa shape index (κ3) is 2.05. The highest BCUT2D eigenvalue weighted by atomic mass is 16.3. The molecular formula is C8H13NO2. The smallest absolute Gasteiger partial charge is 0.243 e. The van der Waals surface area contributed by atoms with E-state index < -0.39 is 0 Å². The topological polar surface area (TPSA) is 49.3 Å². The van der Waals surface area contributed by atoms with Crippen LogP contribution in [0, 0.1) is 0 Å². The van der Waals surface area contributed by atoms with Gasteiger partial charge in [0.1, 0.15) is 0 Å². The molecule has 0 bridgehead atoms. The van der Waals surface area contributed by atoms with Gasteiger partial charge in [-0.3, -0.25) is 4.79 Å². The van der Waals surface area contributed by atoms with Crippen molar-refractivity contribution in [3.8, 4) is 0 Å². The summed E-state index contributed by atoms with van der Waals surface area (Å²) < 4.78 is 0. The van der Waals surface area contributed by atoms with Crippen LogP contribution in [0.5, 0.6) is 0 Å². The van der Waals surface area contributed by atoms with Crippen LogP contribution in [0.3, 0.4) is 0 Å². The SMILES string of the molecule is C=CC(=O)NC1(CCO)CC1. The van der Waals surface area contributed by atoms with Crippen LogP contribution in [0.25, 0.3) is 0 Å². The van der Waals surface area contributed by atoms with E-state index in [1.165, 1.54) is 6.08 Å². The summed E-state index contributed by atoms with van der Waals surface area (Å²) >= 11 is 0. The molecule has 0 aliphatic heterocycles. The highest BCUT2D eigenvalue weighted by Gasteiger charge is 2.42. The third-order valence-corrected chi connectivity index (χ3v) is 2.02. The van der Waals surface area contributed by atoms with Crippen molar-refractivity contribution in [2.75, 3.05) is 6.61 Å². The Balaban J connectivity index is 2.34. The van der Waals surface area contributed by atoms with E-state index >= 15 is 0 Å². The lowest BCUT2D eigenvalue weighted by Gasteiger charge is -2.13. The normalized spacial score (nSPS) is 19.0. The Morgan fingerprint density at radius 2 is 2.36 bits per heavy atom. The fourth-order valence-corrected chi connectivity index (χ4v) is 1.11. The van der Waals surface area contributed by atoms with E-state index in [1.54, 1.807) is 0 Å². The van der Waals surface area contributed by atoms with Crippen LogP contribution in [0.2, 0.25) is 0 Å². The first kappa shape index (κ1) is 8.27. The number of carbonyl (C=O) groups is 1. The molecule has 0 heterocycles. The molecule has 0 aromatic carbocycles. The molecule has 0 radical (unpaired) electrons. The maximum Gasteiger partial charge on any atom is 0.243 e. The minimum Gasteiger partial charge on any atom is -0.396 e. The second kappa shape index (κ2) is 3.05. The molecule has 3 heteroatoms. The minimum absolute atomic E-state index is 0.0972. The average molecular weight is 155 g/mol. The molecular weight excluding hydrogens is 142 g/mol. The van der Waals surface area contributed by atoms with E-state index in [9.17, 15) is 4.79 Å². The largest absolute Gasteiger partial charge is 0.396 e. The van der Waals surface area contributed by atoms with Gasteiger partial charge in [0.05, 0.1) is 0 Å². The van der Waals surface area contributed by atoms with Gasteiger partial charge in [0.2, 0.25) is 5.91 Å². The zero-order chi connectivity index (χ0) is 8.32. The van der Waals surface area contributed by atoms with Crippen LogP contribution in [0.4, 0.5) is 0 Å². The van der Waals surface area contributed by atoms with E-state index in [-0.39, 0.29) is 18.1 Å². The Kier molecular flexibility index (Phi) is 2.29. The average Bonchev–Trinajstić information content (AvgIpc) is 2.70. The number of carbonyl (C=O) groups excluding carboxylic acids is 1. The van der Waals surface area contributed by atoms with Gasteiger partial charge in [-0.05, 0) is 25.3 Å². The highest BCUT2D eigenvalue weighted by molar-refractivity contribution is 5.87. The Bertz CT molecular complexity index is 173. The molecule has 0 unspecified atom stereocenters. The first-order chi connectivity index (χ1) is 5.22. The van der Waals surface area contributed by atoms with Crippen LogP contribution in [0.1, 0.15) is 19.3 Å². The number of aliphatic hydroxyl groups is 1. The molecule has 3 nitrogen and oxygen atoms in total. The zero-order valence-corrected chi connectivity index (χ0v) is 6.47. The number of hydrogen-bond donors (Lipinski definition) is 2. The molecule has 1 aliphatic carbocycles. The van der Waals surface area contributed by atoms with Gasteiger partial charge in [-0.15, -0.1) is 0 Å². The van der Waals surface area contributed by atoms with Gasteiger partial charge >= 0.3 is 0 Å². The number of rotatable bonds is 4. The molecule has 1 rings (SSSR count). The van der Waals surface area contributed by atoms with Crippen molar-refractivity contribution in [2.45, 2.75) is 24.8 Å². The summed E-state index contributed by atoms with van der Waals surface area (Å²) in [6.45, 7) is 3.49. The summed E-state index contributed by atoms with van der Waals surface area (Å²) in [5.74, 6) is -0.143. The van der Waals surface area contributed by atoms with Crippen molar-refractivity contribution < 1.29 is 9.90 Å². The predicted octanol–water partition coefficient (Wildman–Crippen LogP) is 0.204. The molecule has 62 valence electrons. The number of nitrogens with one attached hydrogen (secondary N) is 1. The van der Waals surface area contributed by atoms with Crippen molar-refractivity contribution in [1.29, 1.82) is 0 Å². The number of amides is 1. The molecule has 1 saturated carbocycles. The van der Waals surface area contributed by atoms with E-state index in [0.717, 1.165) is 12.8 Å². The molecule has 1 amide bonds. The summed E-state index contributed by atoms with van der Waals surface area (Å²) in [5.41, 5.74) is -0.0972. The molecule has 0 spiro atoms. The highest BCUT2D eigenvalue weighted by Crippen LogP contribution is 2.38. The van der Waals surface area contributed by atoms with E-state index in [1.807, 2.05) is 0 Å². The Morgan fingerprint density at radius 3 is 2.73 bits per heavy atom. The van der Waals surface area contributed by atoms with Gasteiger partial charge in [0.25, 0.3) is 0 Å². The van der Waals surface area contributed by atoms with Crippen molar-refractivity contribution in [2.24, 2.45) is 0 Å². The number of aliphatic hydroxyl groups excluding tert-OH is 1. The summed E-state index contributed by atoms with van der Waals surface area (Å²) in [6.07, 6.45) is 3.88. The van der Waals surface area contributed by atoms with Gasteiger partial charge in [0.15, 0.2) is 0 Å². The van der Waals surface area contributed by atoms with Crippen LogP contribution in [0.15, 0.2) is 12.7 Å². The predicted molar refractivity (Wildman–Crippen MR) is 42.0 cm³/mol. The third-order valence-electron chi connectivity index (χ3n) is 2.02. The van der Waals surface area contributed by atoms with E-state index in [0.29, 0.717) is 6.42 Å². The molecule has 0 saturated heterocycles. The maximum absolute atomic E-state index is 10.8. The van der Waals surface area contributed by atoms with Crippen LogP contribution in [-0.4, -0.2) is 23.2 Å². The lowest BCUT2D eigenvalue weighted by molar-refractivity contribution is -0.117. The molecule has 0 atom stereocenters. The Morgan fingerprint density at radius 1 is 1.73 bits per heavy atom.